The smallest absolute Gasteiger partial charge is 0.331 e. The first-order valence-electron chi connectivity index (χ1n) is 6.50. The Hall–Kier alpha value is -1.85. The number of hydrogen-bond acceptors (Lipinski definition) is 5. The highest BCUT2D eigenvalue weighted by Crippen LogP contribution is 2.13. The van der Waals surface area contributed by atoms with Crippen LogP contribution < -0.4 is 0 Å². The second-order valence-electron chi connectivity index (χ2n) is 4.03. The first-order chi connectivity index (χ1) is 9.19. The summed E-state index contributed by atoms with van der Waals surface area (Å²) < 4.78 is 11.4. The maximum Gasteiger partial charge on any atom is 0.331 e. The van der Waals surface area contributed by atoms with E-state index in [2.05, 4.69) is 5.10 Å². The number of aromatic nitrogens is 2. The van der Waals surface area contributed by atoms with Gasteiger partial charge in [-0.2, -0.15) is 5.10 Å². The first kappa shape index (κ1) is 15.2. The van der Waals surface area contributed by atoms with Gasteiger partial charge in [-0.3, -0.25) is 9.48 Å². The van der Waals surface area contributed by atoms with Crippen molar-refractivity contribution in [2.45, 2.75) is 39.2 Å². The highest BCUT2D eigenvalue weighted by Gasteiger charge is 2.26. The molecule has 0 aliphatic rings. The number of carbonyl (C=O) groups is 2. The summed E-state index contributed by atoms with van der Waals surface area (Å²) in [6, 6.07) is 0.929. The third-order valence-electron chi connectivity index (χ3n) is 2.52. The largest absolute Gasteiger partial charge is 0.466 e. The molecule has 0 amide bonds. The van der Waals surface area contributed by atoms with Crippen LogP contribution in [0.2, 0.25) is 0 Å². The van der Waals surface area contributed by atoms with Gasteiger partial charge < -0.3 is 9.47 Å². The van der Waals surface area contributed by atoms with Crippen molar-refractivity contribution in [3.05, 3.63) is 18.5 Å². The Morgan fingerprint density at radius 2 is 2.11 bits per heavy atom. The molecule has 1 heterocycles. The minimum Gasteiger partial charge on any atom is -0.466 e. The minimum absolute atomic E-state index is 0.0653. The van der Waals surface area contributed by atoms with E-state index in [1.165, 1.54) is 4.68 Å². The number of hydrogen-bond donors (Lipinski definition) is 0. The molecule has 0 bridgehead atoms. The number of ether oxygens (including phenoxy) is 2. The number of nitrogens with zero attached hydrogens (tertiary/aromatic N) is 2. The van der Waals surface area contributed by atoms with E-state index in [4.69, 9.17) is 9.47 Å². The van der Waals surface area contributed by atoms with Gasteiger partial charge in [0.15, 0.2) is 6.04 Å². The predicted octanol–water partition coefficient (Wildman–Crippen LogP) is 1.72. The quantitative estimate of drug-likeness (QED) is 0.530. The summed E-state index contributed by atoms with van der Waals surface area (Å²) in [4.78, 5) is 23.5. The lowest BCUT2D eigenvalue weighted by molar-refractivity contribution is -0.154. The Labute approximate surface area is 112 Å². The van der Waals surface area contributed by atoms with Crippen molar-refractivity contribution in [3.8, 4) is 0 Å². The fraction of sp³-hybridized carbons (Fsp3) is 0.615. The Balaban J connectivity index is 2.59. The lowest BCUT2D eigenvalue weighted by Gasteiger charge is -2.15. The van der Waals surface area contributed by atoms with Gasteiger partial charge in [0.25, 0.3) is 0 Å². The molecule has 0 radical (unpaired) electrons. The summed E-state index contributed by atoms with van der Waals surface area (Å²) in [5, 5.41) is 3.98. The van der Waals surface area contributed by atoms with E-state index in [0.29, 0.717) is 6.61 Å². The summed E-state index contributed by atoms with van der Waals surface area (Å²) >= 11 is 0. The molecule has 1 aromatic rings. The van der Waals surface area contributed by atoms with Crippen molar-refractivity contribution < 1.29 is 19.1 Å². The summed E-state index contributed by atoms with van der Waals surface area (Å²) in [6.45, 7) is 4.38. The summed E-state index contributed by atoms with van der Waals surface area (Å²) in [5.74, 6) is -0.888. The zero-order valence-electron chi connectivity index (χ0n) is 11.4. The maximum absolute atomic E-state index is 11.8. The van der Waals surface area contributed by atoms with Crippen molar-refractivity contribution in [3.63, 3.8) is 0 Å². The summed E-state index contributed by atoms with van der Waals surface area (Å²) in [6.07, 6.45) is 4.88. The Bertz CT molecular complexity index is 389. The molecule has 6 heteroatoms. The molecule has 0 aromatic carbocycles. The zero-order chi connectivity index (χ0) is 14.1. The number of rotatable bonds is 8. The second kappa shape index (κ2) is 8.29. The lowest BCUT2D eigenvalue weighted by Crippen LogP contribution is -2.26. The molecule has 1 unspecified atom stereocenters. The van der Waals surface area contributed by atoms with Crippen LogP contribution in [0.3, 0.4) is 0 Å². The van der Waals surface area contributed by atoms with E-state index in [1.54, 1.807) is 25.4 Å². The fourth-order valence-electron chi connectivity index (χ4n) is 1.54. The van der Waals surface area contributed by atoms with E-state index in [9.17, 15) is 9.59 Å². The molecule has 0 saturated carbocycles. The van der Waals surface area contributed by atoms with Crippen LogP contribution in [0.15, 0.2) is 18.5 Å². The van der Waals surface area contributed by atoms with Gasteiger partial charge in [-0.05, 0) is 19.4 Å². The molecule has 6 nitrogen and oxygen atoms in total. The monoisotopic (exact) mass is 268 g/mol. The van der Waals surface area contributed by atoms with Crippen molar-refractivity contribution in [2.75, 3.05) is 13.2 Å². The molecule has 0 aliphatic heterocycles. The minimum atomic E-state index is -0.760. The molecule has 0 saturated heterocycles. The molecule has 1 aromatic heterocycles. The zero-order valence-corrected chi connectivity index (χ0v) is 11.4. The van der Waals surface area contributed by atoms with Crippen LogP contribution in [0.1, 0.15) is 39.2 Å². The topological polar surface area (TPSA) is 70.4 Å². The lowest BCUT2D eigenvalue weighted by atomic mass is 10.2. The van der Waals surface area contributed by atoms with Crippen LogP contribution in [0, 0.1) is 0 Å². The van der Waals surface area contributed by atoms with E-state index < -0.39 is 18.0 Å². The highest BCUT2D eigenvalue weighted by atomic mass is 16.5. The van der Waals surface area contributed by atoms with Gasteiger partial charge in [0.05, 0.1) is 19.6 Å². The molecule has 106 valence electrons. The Morgan fingerprint density at radius 1 is 1.32 bits per heavy atom. The SMILES string of the molecule is CCCCOC(=O)CC(C(=O)OCC)n1cccn1. The number of esters is 2. The van der Waals surface area contributed by atoms with Crippen molar-refractivity contribution >= 4 is 11.9 Å². The molecule has 1 rings (SSSR count). The van der Waals surface area contributed by atoms with Crippen LogP contribution in [-0.4, -0.2) is 34.9 Å². The summed E-state index contributed by atoms with van der Waals surface area (Å²) in [7, 11) is 0. The molecule has 0 aliphatic carbocycles. The first-order valence-corrected chi connectivity index (χ1v) is 6.50. The summed E-state index contributed by atoms with van der Waals surface area (Å²) in [5.41, 5.74) is 0. The maximum atomic E-state index is 11.8. The second-order valence-corrected chi connectivity index (χ2v) is 4.03. The van der Waals surface area contributed by atoms with Crippen LogP contribution >= 0.6 is 0 Å². The van der Waals surface area contributed by atoms with Crippen molar-refractivity contribution in [2.24, 2.45) is 0 Å². The average Bonchev–Trinajstić information content (AvgIpc) is 2.90. The number of carbonyl (C=O) groups excluding carboxylic acids is 2. The molecule has 19 heavy (non-hydrogen) atoms. The average molecular weight is 268 g/mol. The van der Waals surface area contributed by atoms with Crippen LogP contribution in [0.25, 0.3) is 0 Å². The fourth-order valence-corrected chi connectivity index (χ4v) is 1.54. The Kier molecular flexibility index (Phi) is 6.63. The van der Waals surface area contributed by atoms with Crippen LogP contribution in [0.4, 0.5) is 0 Å². The van der Waals surface area contributed by atoms with Crippen LogP contribution in [-0.2, 0) is 19.1 Å². The standard InChI is InChI=1S/C13H20N2O4/c1-3-5-9-19-12(16)10-11(13(17)18-4-2)15-8-6-7-14-15/h6-8,11H,3-5,9-10H2,1-2H3. The van der Waals surface area contributed by atoms with Gasteiger partial charge in [-0.1, -0.05) is 13.3 Å². The van der Waals surface area contributed by atoms with E-state index in [-0.39, 0.29) is 13.0 Å². The van der Waals surface area contributed by atoms with Gasteiger partial charge in [-0.25, -0.2) is 4.79 Å². The number of unbranched alkanes of at least 4 members (excludes halogenated alkanes) is 1. The predicted molar refractivity (Wildman–Crippen MR) is 68.4 cm³/mol. The van der Waals surface area contributed by atoms with E-state index in [1.807, 2.05) is 6.92 Å². The molecular weight excluding hydrogens is 248 g/mol. The molecule has 0 spiro atoms. The molecule has 0 fully saturated rings. The third-order valence-corrected chi connectivity index (χ3v) is 2.52. The van der Waals surface area contributed by atoms with Gasteiger partial charge in [0.1, 0.15) is 0 Å². The molecule has 0 N–H and O–H groups in total. The Morgan fingerprint density at radius 3 is 2.68 bits per heavy atom. The van der Waals surface area contributed by atoms with Crippen molar-refractivity contribution in [1.29, 1.82) is 0 Å². The van der Waals surface area contributed by atoms with Crippen LogP contribution in [0.5, 0.6) is 0 Å². The normalized spacial score (nSPS) is 11.9. The van der Waals surface area contributed by atoms with E-state index >= 15 is 0 Å². The molecular formula is C13H20N2O4. The third kappa shape index (κ3) is 5.11. The van der Waals surface area contributed by atoms with Gasteiger partial charge in [-0.15, -0.1) is 0 Å². The molecule has 1 atom stereocenters. The highest BCUT2D eigenvalue weighted by molar-refractivity contribution is 5.81. The van der Waals surface area contributed by atoms with Crippen molar-refractivity contribution in [1.82, 2.24) is 9.78 Å². The van der Waals surface area contributed by atoms with Gasteiger partial charge >= 0.3 is 11.9 Å². The van der Waals surface area contributed by atoms with Gasteiger partial charge in [0, 0.05) is 12.4 Å². The van der Waals surface area contributed by atoms with E-state index in [0.717, 1.165) is 12.8 Å². The van der Waals surface area contributed by atoms with Gasteiger partial charge in [0.2, 0.25) is 0 Å².